The van der Waals surface area contributed by atoms with Gasteiger partial charge in [-0.15, -0.1) is 0 Å². The second-order valence-corrected chi connectivity index (χ2v) is 3.67. The van der Waals surface area contributed by atoms with Crippen LogP contribution in [0.5, 0.6) is 0 Å². The van der Waals surface area contributed by atoms with Gasteiger partial charge in [0.2, 0.25) is 0 Å². The monoisotopic (exact) mass is 110 g/mol. The Labute approximate surface area is 51.3 Å². The van der Waals surface area contributed by atoms with Crippen molar-refractivity contribution in [2.75, 3.05) is 0 Å². The molecule has 0 aromatic carbocycles. The molecule has 2 aliphatic rings. The second-order valence-electron chi connectivity index (χ2n) is 3.67. The third-order valence-corrected chi connectivity index (χ3v) is 3.20. The van der Waals surface area contributed by atoms with Crippen molar-refractivity contribution in [1.29, 1.82) is 0 Å². The summed E-state index contributed by atoms with van der Waals surface area (Å²) in [5, 5.41) is 0. The highest BCUT2D eigenvalue weighted by Crippen LogP contribution is 2.62. The van der Waals surface area contributed by atoms with Gasteiger partial charge in [-0.3, -0.25) is 0 Å². The lowest BCUT2D eigenvalue weighted by atomic mass is 10.0. The van der Waals surface area contributed by atoms with E-state index < -0.39 is 0 Å². The zero-order valence-electron chi connectivity index (χ0n) is 5.61. The third-order valence-electron chi connectivity index (χ3n) is 3.20. The first-order valence-corrected chi connectivity index (χ1v) is 3.83. The SMILES string of the molecule is C[C@H]1CC12CCCC2. The maximum Gasteiger partial charge on any atom is -0.0269 e. The quantitative estimate of drug-likeness (QED) is 0.449. The summed E-state index contributed by atoms with van der Waals surface area (Å²) in [6.45, 7) is 2.41. The summed E-state index contributed by atoms with van der Waals surface area (Å²) < 4.78 is 0. The van der Waals surface area contributed by atoms with E-state index in [1.807, 2.05) is 0 Å². The van der Waals surface area contributed by atoms with E-state index in [-0.39, 0.29) is 0 Å². The molecule has 0 radical (unpaired) electrons. The molecule has 0 aliphatic heterocycles. The van der Waals surface area contributed by atoms with E-state index in [2.05, 4.69) is 6.92 Å². The average Bonchev–Trinajstić information content (AvgIpc) is 2.29. The van der Waals surface area contributed by atoms with Crippen LogP contribution in [0.15, 0.2) is 0 Å². The van der Waals surface area contributed by atoms with Crippen molar-refractivity contribution in [2.45, 2.75) is 39.0 Å². The second kappa shape index (κ2) is 1.29. The van der Waals surface area contributed by atoms with Crippen molar-refractivity contribution in [3.8, 4) is 0 Å². The fraction of sp³-hybridized carbons (Fsp3) is 1.00. The summed E-state index contributed by atoms with van der Waals surface area (Å²) in [5.74, 6) is 1.09. The van der Waals surface area contributed by atoms with Crippen LogP contribution in [-0.2, 0) is 0 Å². The third kappa shape index (κ3) is 0.463. The molecule has 1 atom stereocenters. The summed E-state index contributed by atoms with van der Waals surface area (Å²) in [6.07, 6.45) is 7.68. The Morgan fingerprint density at radius 3 is 2.00 bits per heavy atom. The minimum Gasteiger partial charge on any atom is -0.0620 e. The van der Waals surface area contributed by atoms with E-state index in [4.69, 9.17) is 0 Å². The van der Waals surface area contributed by atoms with Gasteiger partial charge in [0.1, 0.15) is 0 Å². The van der Waals surface area contributed by atoms with Crippen molar-refractivity contribution in [3.63, 3.8) is 0 Å². The molecule has 0 aromatic heterocycles. The van der Waals surface area contributed by atoms with Gasteiger partial charge in [0, 0.05) is 0 Å². The van der Waals surface area contributed by atoms with E-state index in [1.165, 1.54) is 12.8 Å². The smallest absolute Gasteiger partial charge is 0.0269 e. The van der Waals surface area contributed by atoms with Crippen LogP contribution in [0.2, 0.25) is 0 Å². The fourth-order valence-corrected chi connectivity index (χ4v) is 2.33. The summed E-state index contributed by atoms with van der Waals surface area (Å²) in [4.78, 5) is 0. The van der Waals surface area contributed by atoms with E-state index in [1.54, 1.807) is 19.3 Å². The van der Waals surface area contributed by atoms with Gasteiger partial charge in [-0.25, -0.2) is 0 Å². The molecular formula is C8H14. The first-order chi connectivity index (χ1) is 3.83. The molecular weight excluding hydrogens is 96.1 g/mol. The topological polar surface area (TPSA) is 0 Å². The van der Waals surface area contributed by atoms with Gasteiger partial charge in [0.15, 0.2) is 0 Å². The molecule has 0 N–H and O–H groups in total. The van der Waals surface area contributed by atoms with Crippen LogP contribution in [0.4, 0.5) is 0 Å². The van der Waals surface area contributed by atoms with E-state index >= 15 is 0 Å². The van der Waals surface area contributed by atoms with Crippen LogP contribution in [0.25, 0.3) is 0 Å². The Kier molecular flexibility index (Phi) is 0.778. The molecule has 0 saturated heterocycles. The largest absolute Gasteiger partial charge is 0.0620 e. The highest BCUT2D eigenvalue weighted by atomic mass is 14.6. The molecule has 0 bridgehead atoms. The standard InChI is InChI=1S/C8H14/c1-7-6-8(7)4-2-3-5-8/h7H,2-6H2,1H3/t7-/m0/s1. The molecule has 0 nitrogen and oxygen atoms in total. The molecule has 0 aromatic rings. The molecule has 1 spiro atoms. The van der Waals surface area contributed by atoms with Gasteiger partial charge in [0.05, 0.1) is 0 Å². The highest BCUT2D eigenvalue weighted by Gasteiger charge is 2.51. The lowest BCUT2D eigenvalue weighted by Gasteiger charge is -2.01. The number of rotatable bonds is 0. The molecule has 2 rings (SSSR count). The highest BCUT2D eigenvalue weighted by molar-refractivity contribution is 5.02. The molecule has 0 heterocycles. The van der Waals surface area contributed by atoms with Gasteiger partial charge in [-0.1, -0.05) is 19.8 Å². The molecule has 2 fully saturated rings. The van der Waals surface area contributed by atoms with Gasteiger partial charge >= 0.3 is 0 Å². The lowest BCUT2D eigenvalue weighted by molar-refractivity contribution is 0.486. The fourth-order valence-electron chi connectivity index (χ4n) is 2.33. The zero-order chi connectivity index (χ0) is 5.61. The maximum absolute atomic E-state index is 2.41. The van der Waals surface area contributed by atoms with Gasteiger partial charge in [-0.2, -0.15) is 0 Å². The van der Waals surface area contributed by atoms with Gasteiger partial charge in [0.25, 0.3) is 0 Å². The van der Waals surface area contributed by atoms with Crippen LogP contribution >= 0.6 is 0 Å². The summed E-state index contributed by atoms with van der Waals surface area (Å²) in [7, 11) is 0. The maximum atomic E-state index is 2.41. The van der Waals surface area contributed by atoms with Crippen LogP contribution in [0.3, 0.4) is 0 Å². The number of hydrogen-bond donors (Lipinski definition) is 0. The summed E-state index contributed by atoms with van der Waals surface area (Å²) >= 11 is 0. The minimum atomic E-state index is 0.903. The van der Waals surface area contributed by atoms with E-state index in [0.717, 1.165) is 11.3 Å². The Bertz CT molecular complexity index is 98.6. The minimum absolute atomic E-state index is 0.903. The Balaban J connectivity index is 2.06. The zero-order valence-corrected chi connectivity index (χ0v) is 5.61. The normalized spacial score (nSPS) is 40.9. The lowest BCUT2D eigenvalue weighted by Crippen LogP contribution is -1.92. The molecule has 2 saturated carbocycles. The van der Waals surface area contributed by atoms with Gasteiger partial charge in [-0.05, 0) is 30.6 Å². The van der Waals surface area contributed by atoms with Crippen molar-refractivity contribution < 1.29 is 0 Å². The molecule has 0 heteroatoms. The Morgan fingerprint density at radius 1 is 1.25 bits per heavy atom. The predicted molar refractivity (Wildman–Crippen MR) is 34.7 cm³/mol. The van der Waals surface area contributed by atoms with E-state index in [9.17, 15) is 0 Å². The molecule has 2 aliphatic carbocycles. The Morgan fingerprint density at radius 2 is 1.75 bits per heavy atom. The van der Waals surface area contributed by atoms with Crippen molar-refractivity contribution in [3.05, 3.63) is 0 Å². The molecule has 8 heavy (non-hydrogen) atoms. The van der Waals surface area contributed by atoms with E-state index in [0.29, 0.717) is 0 Å². The summed E-state index contributed by atoms with van der Waals surface area (Å²) in [6, 6.07) is 0. The van der Waals surface area contributed by atoms with Crippen LogP contribution in [0, 0.1) is 11.3 Å². The first kappa shape index (κ1) is 4.84. The predicted octanol–water partition coefficient (Wildman–Crippen LogP) is 2.59. The number of hydrogen-bond acceptors (Lipinski definition) is 0. The molecule has 0 unspecified atom stereocenters. The average molecular weight is 110 g/mol. The Hall–Kier alpha value is 0. The van der Waals surface area contributed by atoms with Crippen molar-refractivity contribution >= 4 is 0 Å². The first-order valence-electron chi connectivity index (χ1n) is 3.83. The van der Waals surface area contributed by atoms with Crippen LogP contribution < -0.4 is 0 Å². The molecule has 0 amide bonds. The van der Waals surface area contributed by atoms with Crippen LogP contribution in [-0.4, -0.2) is 0 Å². The van der Waals surface area contributed by atoms with Crippen molar-refractivity contribution in [1.82, 2.24) is 0 Å². The summed E-state index contributed by atoms with van der Waals surface area (Å²) in [5.41, 5.74) is 0.903. The van der Waals surface area contributed by atoms with Gasteiger partial charge < -0.3 is 0 Å². The van der Waals surface area contributed by atoms with Crippen LogP contribution in [0.1, 0.15) is 39.0 Å². The van der Waals surface area contributed by atoms with Crippen molar-refractivity contribution in [2.24, 2.45) is 11.3 Å². The molecule has 46 valence electrons.